The van der Waals surface area contributed by atoms with Crippen LogP contribution in [0, 0.1) is 5.92 Å². The highest BCUT2D eigenvalue weighted by atomic mass is 32.2. The van der Waals surface area contributed by atoms with Gasteiger partial charge in [-0.05, 0) is 19.1 Å². The number of carbonyl (C=O) groups excluding carboxylic acids is 2. The van der Waals surface area contributed by atoms with Crippen LogP contribution in [0.1, 0.15) is 6.92 Å². The summed E-state index contributed by atoms with van der Waals surface area (Å²) >= 11 is 1.66. The molecule has 3 nitrogen and oxygen atoms in total. The van der Waals surface area contributed by atoms with Gasteiger partial charge in [0.2, 0.25) is 5.91 Å². The molecular formula is C12H13NO2S. The Morgan fingerprint density at radius 3 is 2.50 bits per heavy atom. The summed E-state index contributed by atoms with van der Waals surface area (Å²) in [6.07, 6.45) is 0. The van der Waals surface area contributed by atoms with E-state index < -0.39 is 5.92 Å². The van der Waals surface area contributed by atoms with E-state index in [1.54, 1.807) is 11.8 Å². The van der Waals surface area contributed by atoms with Crippen LogP contribution in [0.2, 0.25) is 0 Å². The monoisotopic (exact) mass is 235 g/mol. The molecule has 0 saturated carbocycles. The van der Waals surface area contributed by atoms with Crippen LogP contribution >= 0.6 is 11.8 Å². The molecule has 1 heterocycles. The van der Waals surface area contributed by atoms with E-state index >= 15 is 0 Å². The molecule has 2 rings (SSSR count). The number of thioether (sulfide) groups is 1. The number of hydrogen-bond acceptors (Lipinski definition) is 3. The Morgan fingerprint density at radius 2 is 2.00 bits per heavy atom. The maximum Gasteiger partial charge on any atom is 0.236 e. The zero-order valence-corrected chi connectivity index (χ0v) is 9.79. The number of amides is 1. The van der Waals surface area contributed by atoms with E-state index in [1.807, 2.05) is 30.3 Å². The second-order valence-electron chi connectivity index (χ2n) is 3.82. The molecule has 0 bridgehead atoms. The van der Waals surface area contributed by atoms with Gasteiger partial charge in [-0.2, -0.15) is 11.8 Å². The number of nitrogens with one attached hydrogen (secondary N) is 1. The van der Waals surface area contributed by atoms with E-state index in [9.17, 15) is 9.59 Å². The molecular weight excluding hydrogens is 222 g/mol. The molecule has 1 amide bonds. The molecule has 0 radical (unpaired) electrons. The molecule has 2 unspecified atom stereocenters. The Hall–Kier alpha value is -1.29. The van der Waals surface area contributed by atoms with Gasteiger partial charge in [-0.25, -0.2) is 0 Å². The van der Waals surface area contributed by atoms with Crippen molar-refractivity contribution >= 4 is 29.1 Å². The van der Waals surface area contributed by atoms with Gasteiger partial charge in [0.15, 0.2) is 0 Å². The molecule has 0 spiro atoms. The normalized spacial score (nSPS) is 19.9. The van der Waals surface area contributed by atoms with Gasteiger partial charge in [-0.15, -0.1) is 0 Å². The molecule has 2 atom stereocenters. The van der Waals surface area contributed by atoms with Crippen LogP contribution < -0.4 is 5.32 Å². The molecule has 4 heteroatoms. The first kappa shape index (κ1) is 11.2. The van der Waals surface area contributed by atoms with Crippen LogP contribution in [0.25, 0.3) is 0 Å². The molecule has 1 aliphatic rings. The lowest BCUT2D eigenvalue weighted by Gasteiger charge is -2.12. The summed E-state index contributed by atoms with van der Waals surface area (Å²) in [5, 5.41) is 2.95. The minimum absolute atomic E-state index is 0.0524. The summed E-state index contributed by atoms with van der Waals surface area (Å²) < 4.78 is 0. The lowest BCUT2D eigenvalue weighted by molar-refractivity contribution is -0.129. The fraction of sp³-hybridized carbons (Fsp3) is 0.333. The number of Topliss-reactive ketones (excluding diaryl/α,β-unsaturated/α-hetero) is 1. The molecule has 84 valence electrons. The summed E-state index contributed by atoms with van der Waals surface area (Å²) in [4.78, 5) is 23.3. The number of para-hydroxylation sites is 1. The second kappa shape index (κ2) is 4.70. The van der Waals surface area contributed by atoms with Crippen molar-refractivity contribution < 1.29 is 9.59 Å². The number of benzene rings is 1. The molecule has 1 aromatic carbocycles. The fourth-order valence-corrected chi connectivity index (χ4v) is 2.42. The Balaban J connectivity index is 2.04. The van der Waals surface area contributed by atoms with Gasteiger partial charge in [0.25, 0.3) is 0 Å². The molecule has 1 fully saturated rings. The Labute approximate surface area is 98.6 Å². The van der Waals surface area contributed by atoms with Gasteiger partial charge >= 0.3 is 0 Å². The van der Waals surface area contributed by atoms with Crippen LogP contribution in [0.5, 0.6) is 0 Å². The van der Waals surface area contributed by atoms with Gasteiger partial charge in [-0.3, -0.25) is 9.59 Å². The average molecular weight is 235 g/mol. The molecule has 1 saturated heterocycles. The Morgan fingerprint density at radius 1 is 1.38 bits per heavy atom. The second-order valence-corrected chi connectivity index (χ2v) is 5.09. The SMILES string of the molecule is CC(=O)C(C(=O)Nc1ccccc1)C1CS1. The minimum atomic E-state index is -0.495. The van der Waals surface area contributed by atoms with E-state index in [0.717, 1.165) is 11.4 Å². The Bertz CT molecular complexity index is 401. The molecule has 1 aliphatic heterocycles. The largest absolute Gasteiger partial charge is 0.325 e. The smallest absolute Gasteiger partial charge is 0.236 e. The van der Waals surface area contributed by atoms with Crippen LogP contribution in [-0.4, -0.2) is 22.7 Å². The minimum Gasteiger partial charge on any atom is -0.325 e. The quantitative estimate of drug-likeness (QED) is 0.641. The molecule has 0 aromatic heterocycles. The first-order valence-corrected chi connectivity index (χ1v) is 6.21. The third kappa shape index (κ3) is 2.64. The molecule has 1 N–H and O–H groups in total. The number of rotatable bonds is 4. The Kier molecular flexibility index (Phi) is 3.29. The highest BCUT2D eigenvalue weighted by Crippen LogP contribution is 2.37. The standard InChI is InChI=1S/C12H13NO2S/c1-8(14)11(10-7-16-10)12(15)13-9-5-3-2-4-6-9/h2-6,10-11H,7H2,1H3,(H,13,15). The maximum atomic E-state index is 11.9. The van der Waals surface area contributed by atoms with Crippen LogP contribution in [0.15, 0.2) is 30.3 Å². The number of anilines is 1. The van der Waals surface area contributed by atoms with Crippen molar-refractivity contribution in [2.45, 2.75) is 12.2 Å². The van der Waals surface area contributed by atoms with Gasteiger partial charge in [0.05, 0.1) is 0 Å². The van der Waals surface area contributed by atoms with E-state index in [4.69, 9.17) is 0 Å². The van der Waals surface area contributed by atoms with Crippen molar-refractivity contribution in [3.63, 3.8) is 0 Å². The molecule has 1 aromatic rings. The summed E-state index contributed by atoms with van der Waals surface area (Å²) in [5.41, 5.74) is 0.740. The van der Waals surface area contributed by atoms with E-state index in [1.165, 1.54) is 6.92 Å². The van der Waals surface area contributed by atoms with Crippen molar-refractivity contribution in [2.75, 3.05) is 11.1 Å². The number of ketones is 1. The van der Waals surface area contributed by atoms with E-state index in [2.05, 4.69) is 5.32 Å². The highest BCUT2D eigenvalue weighted by Gasteiger charge is 2.40. The van der Waals surface area contributed by atoms with Crippen molar-refractivity contribution in [2.24, 2.45) is 5.92 Å². The van der Waals surface area contributed by atoms with Gasteiger partial charge in [0, 0.05) is 16.7 Å². The van der Waals surface area contributed by atoms with Gasteiger partial charge in [0.1, 0.15) is 11.7 Å². The summed E-state index contributed by atoms with van der Waals surface area (Å²) in [6, 6.07) is 9.22. The maximum absolute atomic E-state index is 11.9. The van der Waals surface area contributed by atoms with E-state index in [-0.39, 0.29) is 16.9 Å². The van der Waals surface area contributed by atoms with Crippen molar-refractivity contribution in [1.29, 1.82) is 0 Å². The van der Waals surface area contributed by atoms with Crippen molar-refractivity contribution in [1.82, 2.24) is 0 Å². The zero-order valence-electron chi connectivity index (χ0n) is 8.97. The lowest BCUT2D eigenvalue weighted by atomic mass is 10.0. The summed E-state index contributed by atoms with van der Waals surface area (Å²) in [6.45, 7) is 1.48. The predicted octanol–water partition coefficient (Wildman–Crippen LogP) is 1.95. The van der Waals surface area contributed by atoms with Crippen molar-refractivity contribution in [3.05, 3.63) is 30.3 Å². The average Bonchev–Trinajstić information content (AvgIpc) is 3.03. The summed E-state index contributed by atoms with van der Waals surface area (Å²) in [5.74, 6) is 0.175. The van der Waals surface area contributed by atoms with Crippen LogP contribution in [0.4, 0.5) is 5.69 Å². The fourth-order valence-electron chi connectivity index (χ4n) is 1.60. The molecule has 0 aliphatic carbocycles. The number of carbonyl (C=O) groups is 2. The van der Waals surface area contributed by atoms with E-state index in [0.29, 0.717) is 0 Å². The van der Waals surface area contributed by atoms with Crippen LogP contribution in [0.3, 0.4) is 0 Å². The number of hydrogen-bond donors (Lipinski definition) is 1. The predicted molar refractivity (Wildman–Crippen MR) is 65.5 cm³/mol. The first-order chi connectivity index (χ1) is 7.68. The highest BCUT2D eigenvalue weighted by molar-refractivity contribution is 8.07. The third-order valence-corrected chi connectivity index (χ3v) is 3.48. The lowest BCUT2D eigenvalue weighted by Crippen LogP contribution is -2.31. The van der Waals surface area contributed by atoms with Gasteiger partial charge < -0.3 is 5.32 Å². The van der Waals surface area contributed by atoms with Crippen LogP contribution in [-0.2, 0) is 9.59 Å². The third-order valence-electron chi connectivity index (χ3n) is 2.49. The molecule has 16 heavy (non-hydrogen) atoms. The zero-order chi connectivity index (χ0) is 11.5. The summed E-state index contributed by atoms with van der Waals surface area (Å²) in [7, 11) is 0. The van der Waals surface area contributed by atoms with Crippen molar-refractivity contribution in [3.8, 4) is 0 Å². The van der Waals surface area contributed by atoms with Gasteiger partial charge in [-0.1, -0.05) is 18.2 Å². The topological polar surface area (TPSA) is 46.2 Å². The first-order valence-electron chi connectivity index (χ1n) is 5.16.